The van der Waals surface area contributed by atoms with Crippen LogP contribution in [0.1, 0.15) is 23.0 Å². The first-order chi connectivity index (χ1) is 12.0. The van der Waals surface area contributed by atoms with Crippen molar-refractivity contribution in [2.45, 2.75) is 12.5 Å². The lowest BCUT2D eigenvalue weighted by molar-refractivity contribution is -0.121. The Bertz CT molecular complexity index is 876. The average molecular weight is 358 g/mol. The number of carbonyl (C=O) groups excluding carboxylic acids is 1. The lowest BCUT2D eigenvalue weighted by atomic mass is 10.0. The van der Waals surface area contributed by atoms with E-state index in [0.29, 0.717) is 16.4 Å². The molecule has 1 N–H and O–H groups in total. The largest absolute Gasteiger partial charge is 0.342 e. The smallest absolute Gasteiger partial charge is 0.225 e. The molecule has 4 nitrogen and oxygen atoms in total. The molecule has 0 fully saturated rings. The Hall–Kier alpha value is -2.66. The molecule has 0 bridgehead atoms. The molecule has 1 unspecified atom stereocenters. The SMILES string of the molecule is Cn1ccnc1C(NC(=O)Cc1ccc(Cl)cc1)c1ccccc1F. The molecule has 1 amide bonds. The second-order valence-electron chi connectivity index (χ2n) is 5.72. The van der Waals surface area contributed by atoms with E-state index in [0.717, 1.165) is 5.56 Å². The number of carbonyl (C=O) groups is 1. The van der Waals surface area contributed by atoms with E-state index in [1.165, 1.54) is 6.07 Å². The molecular formula is C19H17ClFN3O. The zero-order chi connectivity index (χ0) is 17.8. The summed E-state index contributed by atoms with van der Waals surface area (Å²) < 4.78 is 16.0. The van der Waals surface area contributed by atoms with E-state index in [9.17, 15) is 9.18 Å². The summed E-state index contributed by atoms with van der Waals surface area (Å²) in [5.41, 5.74) is 1.20. The fourth-order valence-corrected chi connectivity index (χ4v) is 2.77. The Morgan fingerprint density at radius 2 is 1.96 bits per heavy atom. The lowest BCUT2D eigenvalue weighted by Crippen LogP contribution is -2.32. The van der Waals surface area contributed by atoms with Gasteiger partial charge in [-0.1, -0.05) is 41.9 Å². The van der Waals surface area contributed by atoms with Gasteiger partial charge in [0.05, 0.1) is 6.42 Å². The van der Waals surface area contributed by atoms with Crippen molar-refractivity contribution in [3.63, 3.8) is 0 Å². The van der Waals surface area contributed by atoms with Gasteiger partial charge < -0.3 is 9.88 Å². The molecular weight excluding hydrogens is 341 g/mol. The van der Waals surface area contributed by atoms with E-state index < -0.39 is 6.04 Å². The van der Waals surface area contributed by atoms with Crippen molar-refractivity contribution < 1.29 is 9.18 Å². The highest BCUT2D eigenvalue weighted by Crippen LogP contribution is 2.23. The predicted octanol–water partition coefficient (Wildman–Crippen LogP) is 3.66. The summed E-state index contributed by atoms with van der Waals surface area (Å²) >= 11 is 5.86. The van der Waals surface area contributed by atoms with Crippen LogP contribution in [0.3, 0.4) is 0 Å². The van der Waals surface area contributed by atoms with Crippen LogP contribution in [-0.4, -0.2) is 15.5 Å². The van der Waals surface area contributed by atoms with Crippen LogP contribution in [-0.2, 0) is 18.3 Å². The molecule has 3 aromatic rings. The third-order valence-corrected chi connectivity index (χ3v) is 4.17. The van der Waals surface area contributed by atoms with Crippen LogP contribution < -0.4 is 5.32 Å². The summed E-state index contributed by atoms with van der Waals surface area (Å²) in [5.74, 6) is -0.0459. The number of nitrogens with zero attached hydrogens (tertiary/aromatic N) is 2. The molecule has 2 aromatic carbocycles. The van der Waals surface area contributed by atoms with Gasteiger partial charge in [0.15, 0.2) is 0 Å². The maximum absolute atomic E-state index is 14.3. The monoisotopic (exact) mass is 357 g/mol. The molecule has 0 spiro atoms. The molecule has 0 saturated heterocycles. The topological polar surface area (TPSA) is 46.9 Å². The Kier molecular flexibility index (Phi) is 5.14. The van der Waals surface area contributed by atoms with Gasteiger partial charge in [-0.05, 0) is 23.8 Å². The number of rotatable bonds is 5. The lowest BCUT2D eigenvalue weighted by Gasteiger charge is -2.19. The Balaban J connectivity index is 1.85. The fourth-order valence-electron chi connectivity index (χ4n) is 2.65. The summed E-state index contributed by atoms with van der Waals surface area (Å²) in [6, 6.07) is 12.8. The van der Waals surface area contributed by atoms with Crippen molar-refractivity contribution in [3.8, 4) is 0 Å². The van der Waals surface area contributed by atoms with Gasteiger partial charge in [0.1, 0.15) is 17.7 Å². The van der Waals surface area contributed by atoms with Crippen molar-refractivity contribution in [2.24, 2.45) is 7.05 Å². The molecule has 0 aliphatic carbocycles. The Morgan fingerprint density at radius 3 is 2.60 bits per heavy atom. The molecule has 0 radical (unpaired) electrons. The molecule has 1 aromatic heterocycles. The number of hydrogen-bond donors (Lipinski definition) is 1. The number of aryl methyl sites for hydroxylation is 1. The number of aromatic nitrogens is 2. The van der Waals surface area contributed by atoms with Crippen LogP contribution in [0, 0.1) is 5.82 Å². The molecule has 3 rings (SSSR count). The average Bonchev–Trinajstić information content (AvgIpc) is 3.01. The van der Waals surface area contributed by atoms with Crippen molar-refractivity contribution in [1.29, 1.82) is 0 Å². The molecule has 6 heteroatoms. The first-order valence-electron chi connectivity index (χ1n) is 7.80. The van der Waals surface area contributed by atoms with Crippen LogP contribution in [0.15, 0.2) is 60.9 Å². The van der Waals surface area contributed by atoms with E-state index >= 15 is 0 Å². The second-order valence-corrected chi connectivity index (χ2v) is 6.16. The summed E-state index contributed by atoms with van der Waals surface area (Å²) in [5, 5.41) is 3.50. The van der Waals surface area contributed by atoms with Gasteiger partial charge in [0.2, 0.25) is 5.91 Å². The van der Waals surface area contributed by atoms with E-state index in [2.05, 4.69) is 10.3 Å². The summed E-state index contributed by atoms with van der Waals surface area (Å²) in [6.07, 6.45) is 3.55. The minimum Gasteiger partial charge on any atom is -0.342 e. The molecule has 128 valence electrons. The van der Waals surface area contributed by atoms with Gasteiger partial charge in [-0.15, -0.1) is 0 Å². The third-order valence-electron chi connectivity index (χ3n) is 3.92. The van der Waals surface area contributed by atoms with Gasteiger partial charge in [-0.25, -0.2) is 9.37 Å². The molecule has 1 heterocycles. The van der Waals surface area contributed by atoms with Gasteiger partial charge >= 0.3 is 0 Å². The molecule has 0 aliphatic rings. The van der Waals surface area contributed by atoms with Crippen LogP contribution in [0.2, 0.25) is 5.02 Å². The number of imidazole rings is 1. The third kappa shape index (κ3) is 4.06. The standard InChI is InChI=1S/C19H17ClFN3O/c1-24-11-10-22-19(24)18(15-4-2-3-5-16(15)21)23-17(25)12-13-6-8-14(20)9-7-13/h2-11,18H,12H2,1H3,(H,23,25). The van der Waals surface area contributed by atoms with Gasteiger partial charge in [0.25, 0.3) is 0 Å². The number of halogens is 2. The zero-order valence-corrected chi connectivity index (χ0v) is 14.4. The number of amides is 1. The van der Waals surface area contributed by atoms with Crippen LogP contribution in [0.4, 0.5) is 4.39 Å². The molecule has 25 heavy (non-hydrogen) atoms. The van der Waals surface area contributed by atoms with Crippen LogP contribution >= 0.6 is 11.6 Å². The number of hydrogen-bond acceptors (Lipinski definition) is 2. The van der Waals surface area contributed by atoms with Crippen molar-refractivity contribution >= 4 is 17.5 Å². The minimum atomic E-state index is -0.666. The summed E-state index contributed by atoms with van der Waals surface area (Å²) in [4.78, 5) is 16.8. The maximum Gasteiger partial charge on any atom is 0.225 e. The van der Waals surface area contributed by atoms with Crippen LogP contribution in [0.5, 0.6) is 0 Å². The molecule has 0 aliphatic heterocycles. The number of benzene rings is 2. The zero-order valence-electron chi connectivity index (χ0n) is 13.6. The molecule has 0 saturated carbocycles. The highest BCUT2D eigenvalue weighted by Gasteiger charge is 2.23. The van der Waals surface area contributed by atoms with E-state index in [4.69, 9.17) is 11.6 Å². The minimum absolute atomic E-state index is 0.173. The van der Waals surface area contributed by atoms with Gasteiger partial charge in [-0.2, -0.15) is 0 Å². The van der Waals surface area contributed by atoms with Gasteiger partial charge in [-0.3, -0.25) is 4.79 Å². The van der Waals surface area contributed by atoms with Crippen LogP contribution in [0.25, 0.3) is 0 Å². The first-order valence-corrected chi connectivity index (χ1v) is 8.18. The van der Waals surface area contributed by atoms with Crippen molar-refractivity contribution in [3.05, 3.63) is 88.7 Å². The Labute approximate surface area is 150 Å². The normalized spacial score (nSPS) is 12.0. The Morgan fingerprint density at radius 1 is 1.24 bits per heavy atom. The highest BCUT2D eigenvalue weighted by atomic mass is 35.5. The van der Waals surface area contributed by atoms with Crippen molar-refractivity contribution in [2.75, 3.05) is 0 Å². The fraction of sp³-hybridized carbons (Fsp3) is 0.158. The van der Waals surface area contributed by atoms with Gasteiger partial charge in [0, 0.05) is 30.0 Å². The van der Waals surface area contributed by atoms with Crippen molar-refractivity contribution in [1.82, 2.24) is 14.9 Å². The summed E-state index contributed by atoms with van der Waals surface area (Å²) in [7, 11) is 1.81. The highest BCUT2D eigenvalue weighted by molar-refractivity contribution is 6.30. The summed E-state index contributed by atoms with van der Waals surface area (Å²) in [6.45, 7) is 0. The van der Waals surface area contributed by atoms with E-state index in [1.807, 2.05) is 7.05 Å². The quantitative estimate of drug-likeness (QED) is 0.757. The maximum atomic E-state index is 14.3. The van der Waals surface area contributed by atoms with E-state index in [1.54, 1.807) is 59.4 Å². The predicted molar refractivity (Wildman–Crippen MR) is 94.7 cm³/mol. The number of nitrogens with one attached hydrogen (secondary N) is 1. The van der Waals surface area contributed by atoms with E-state index in [-0.39, 0.29) is 18.1 Å². The molecule has 1 atom stereocenters. The second kappa shape index (κ2) is 7.49. The first kappa shape index (κ1) is 17.2.